The van der Waals surface area contributed by atoms with E-state index >= 15 is 0 Å². The molecule has 0 bridgehead atoms. The molecule has 1 aliphatic heterocycles. The van der Waals surface area contributed by atoms with Crippen LogP contribution < -0.4 is 5.32 Å². The standard InChI is InChI=1S/C18H20N4O2/c23-17(20-14-7-8-14)15-11-19-22-10-4-9-21(12-16(15)22)18(24)13-5-2-1-3-6-13/h1-3,5-6,11,14H,4,7-10,12H2,(H,20,23). The maximum absolute atomic E-state index is 12.7. The number of amides is 2. The average molecular weight is 324 g/mol. The van der Waals surface area contributed by atoms with Gasteiger partial charge in [0.1, 0.15) is 0 Å². The Labute approximate surface area is 140 Å². The van der Waals surface area contributed by atoms with Crippen molar-refractivity contribution in [2.45, 2.75) is 38.4 Å². The number of hydrogen-bond acceptors (Lipinski definition) is 3. The van der Waals surface area contributed by atoms with Gasteiger partial charge >= 0.3 is 0 Å². The molecule has 1 aliphatic carbocycles. The van der Waals surface area contributed by atoms with Crippen LogP contribution in [0.3, 0.4) is 0 Å². The summed E-state index contributed by atoms with van der Waals surface area (Å²) in [5.41, 5.74) is 2.10. The molecule has 6 nitrogen and oxygen atoms in total. The van der Waals surface area contributed by atoms with Crippen molar-refractivity contribution in [1.82, 2.24) is 20.0 Å². The van der Waals surface area contributed by atoms with E-state index in [1.54, 1.807) is 6.20 Å². The van der Waals surface area contributed by atoms with E-state index in [-0.39, 0.29) is 11.8 Å². The van der Waals surface area contributed by atoms with Crippen LogP contribution >= 0.6 is 0 Å². The van der Waals surface area contributed by atoms with E-state index in [4.69, 9.17) is 0 Å². The topological polar surface area (TPSA) is 67.2 Å². The summed E-state index contributed by atoms with van der Waals surface area (Å²) in [4.78, 5) is 27.0. The summed E-state index contributed by atoms with van der Waals surface area (Å²) in [6, 6.07) is 9.58. The quantitative estimate of drug-likeness (QED) is 0.936. The molecule has 1 aromatic heterocycles. The van der Waals surface area contributed by atoms with Gasteiger partial charge in [0, 0.05) is 24.7 Å². The second kappa shape index (κ2) is 6.11. The Morgan fingerprint density at radius 2 is 1.92 bits per heavy atom. The number of carbonyl (C=O) groups excluding carboxylic acids is 2. The van der Waals surface area contributed by atoms with Crippen molar-refractivity contribution in [2.75, 3.05) is 6.54 Å². The van der Waals surface area contributed by atoms with E-state index in [9.17, 15) is 9.59 Å². The third kappa shape index (κ3) is 2.91. The summed E-state index contributed by atoms with van der Waals surface area (Å²) >= 11 is 0. The molecule has 0 radical (unpaired) electrons. The second-order valence-electron chi connectivity index (χ2n) is 6.42. The molecule has 6 heteroatoms. The van der Waals surface area contributed by atoms with Crippen molar-refractivity contribution in [1.29, 1.82) is 0 Å². The first-order valence-electron chi connectivity index (χ1n) is 8.42. The van der Waals surface area contributed by atoms with Gasteiger partial charge in [-0.15, -0.1) is 0 Å². The zero-order valence-electron chi connectivity index (χ0n) is 13.4. The average Bonchev–Trinajstić information content (AvgIpc) is 3.37. The zero-order valence-corrected chi connectivity index (χ0v) is 13.4. The molecule has 0 spiro atoms. The number of aryl methyl sites for hydroxylation is 1. The Kier molecular flexibility index (Phi) is 3.80. The van der Waals surface area contributed by atoms with Crippen molar-refractivity contribution in [3.05, 3.63) is 53.3 Å². The second-order valence-corrected chi connectivity index (χ2v) is 6.42. The summed E-state index contributed by atoms with van der Waals surface area (Å²) < 4.78 is 1.86. The highest BCUT2D eigenvalue weighted by Crippen LogP contribution is 2.22. The van der Waals surface area contributed by atoms with Crippen molar-refractivity contribution in [3.63, 3.8) is 0 Å². The van der Waals surface area contributed by atoms with Crippen molar-refractivity contribution in [3.8, 4) is 0 Å². The molecule has 1 N–H and O–H groups in total. The van der Waals surface area contributed by atoms with Gasteiger partial charge in [0.25, 0.3) is 11.8 Å². The molecule has 1 aromatic carbocycles. The molecule has 2 aromatic rings. The maximum Gasteiger partial charge on any atom is 0.255 e. The van der Waals surface area contributed by atoms with Crippen LogP contribution in [-0.4, -0.2) is 39.1 Å². The fourth-order valence-corrected chi connectivity index (χ4v) is 3.06. The first-order valence-corrected chi connectivity index (χ1v) is 8.42. The minimum absolute atomic E-state index is 0.00111. The Bertz CT molecular complexity index is 765. The van der Waals surface area contributed by atoms with Crippen LogP contribution in [0.25, 0.3) is 0 Å². The molecule has 0 saturated heterocycles. The number of aromatic nitrogens is 2. The summed E-state index contributed by atoms with van der Waals surface area (Å²) in [6.45, 7) is 1.81. The van der Waals surface area contributed by atoms with Crippen LogP contribution in [0.5, 0.6) is 0 Å². The molecule has 2 aliphatic rings. The number of fused-ring (bicyclic) bond motifs is 1. The molecule has 0 unspecified atom stereocenters. The summed E-state index contributed by atoms with van der Waals surface area (Å²) in [5.74, 6) is -0.0773. The Hall–Kier alpha value is -2.63. The van der Waals surface area contributed by atoms with E-state index in [1.165, 1.54) is 0 Å². The lowest BCUT2D eigenvalue weighted by Gasteiger charge is -2.20. The van der Waals surface area contributed by atoms with Gasteiger partial charge in [0.15, 0.2) is 0 Å². The van der Waals surface area contributed by atoms with Gasteiger partial charge in [-0.3, -0.25) is 14.3 Å². The lowest BCUT2D eigenvalue weighted by atomic mass is 10.1. The third-order valence-corrected chi connectivity index (χ3v) is 4.55. The summed E-state index contributed by atoms with van der Waals surface area (Å²) in [6.07, 6.45) is 4.56. The van der Waals surface area contributed by atoms with E-state index in [0.29, 0.717) is 30.3 Å². The van der Waals surface area contributed by atoms with Crippen LogP contribution in [0.1, 0.15) is 45.7 Å². The summed E-state index contributed by atoms with van der Waals surface area (Å²) in [7, 11) is 0. The minimum Gasteiger partial charge on any atom is -0.349 e. The third-order valence-electron chi connectivity index (χ3n) is 4.55. The molecular weight excluding hydrogens is 304 g/mol. The van der Waals surface area contributed by atoms with Crippen molar-refractivity contribution < 1.29 is 9.59 Å². The van der Waals surface area contributed by atoms with Gasteiger partial charge in [-0.25, -0.2) is 0 Å². The largest absolute Gasteiger partial charge is 0.349 e. The van der Waals surface area contributed by atoms with Crippen molar-refractivity contribution in [2.24, 2.45) is 0 Å². The lowest BCUT2D eigenvalue weighted by Crippen LogP contribution is -2.32. The molecule has 124 valence electrons. The molecular formula is C18H20N4O2. The number of nitrogens with one attached hydrogen (secondary N) is 1. The first kappa shape index (κ1) is 14.9. The normalized spacial score (nSPS) is 17.1. The van der Waals surface area contributed by atoms with Gasteiger partial charge < -0.3 is 10.2 Å². The first-order chi connectivity index (χ1) is 11.7. The molecule has 2 amide bonds. The van der Waals surface area contributed by atoms with E-state index in [2.05, 4.69) is 10.4 Å². The fourth-order valence-electron chi connectivity index (χ4n) is 3.06. The predicted molar refractivity (Wildman–Crippen MR) is 88.5 cm³/mol. The highest BCUT2D eigenvalue weighted by atomic mass is 16.2. The van der Waals surface area contributed by atoms with Gasteiger partial charge in [-0.2, -0.15) is 5.10 Å². The van der Waals surface area contributed by atoms with E-state index in [0.717, 1.165) is 31.5 Å². The van der Waals surface area contributed by atoms with E-state index < -0.39 is 0 Å². The molecule has 0 atom stereocenters. The fraction of sp³-hybridized carbons (Fsp3) is 0.389. The minimum atomic E-state index is -0.0761. The highest BCUT2D eigenvalue weighted by molar-refractivity contribution is 5.96. The number of carbonyl (C=O) groups is 2. The number of rotatable bonds is 3. The van der Waals surface area contributed by atoms with Crippen molar-refractivity contribution >= 4 is 11.8 Å². The Morgan fingerprint density at radius 3 is 2.67 bits per heavy atom. The monoisotopic (exact) mass is 324 g/mol. The highest BCUT2D eigenvalue weighted by Gasteiger charge is 2.29. The van der Waals surface area contributed by atoms with Crippen LogP contribution in [0.15, 0.2) is 36.5 Å². The van der Waals surface area contributed by atoms with Gasteiger partial charge in [0.2, 0.25) is 0 Å². The molecule has 1 fully saturated rings. The number of hydrogen-bond donors (Lipinski definition) is 1. The smallest absolute Gasteiger partial charge is 0.255 e. The number of benzene rings is 1. The van der Waals surface area contributed by atoms with E-state index in [1.807, 2.05) is 39.9 Å². The summed E-state index contributed by atoms with van der Waals surface area (Å²) in [5, 5.41) is 7.36. The Balaban J connectivity index is 1.58. The van der Waals surface area contributed by atoms with Gasteiger partial charge in [0.05, 0.1) is 24.0 Å². The molecule has 24 heavy (non-hydrogen) atoms. The van der Waals surface area contributed by atoms with Gasteiger partial charge in [-0.1, -0.05) is 18.2 Å². The van der Waals surface area contributed by atoms with Crippen LogP contribution in [0.4, 0.5) is 0 Å². The molecule has 4 rings (SSSR count). The Morgan fingerprint density at radius 1 is 1.12 bits per heavy atom. The van der Waals surface area contributed by atoms with Gasteiger partial charge in [-0.05, 0) is 31.4 Å². The predicted octanol–water partition coefficient (Wildman–Crippen LogP) is 1.82. The SMILES string of the molecule is O=C(NC1CC1)c1cnn2c1CN(C(=O)c1ccccc1)CCC2. The van der Waals surface area contributed by atoms with Crippen LogP contribution in [0, 0.1) is 0 Å². The lowest BCUT2D eigenvalue weighted by molar-refractivity contribution is 0.0743. The van der Waals surface area contributed by atoms with Crippen LogP contribution in [0.2, 0.25) is 0 Å². The zero-order chi connectivity index (χ0) is 16.5. The molecule has 2 heterocycles. The maximum atomic E-state index is 12.7. The number of nitrogens with zero attached hydrogens (tertiary/aromatic N) is 3. The van der Waals surface area contributed by atoms with Crippen LogP contribution in [-0.2, 0) is 13.1 Å². The molecule has 1 saturated carbocycles.